The van der Waals surface area contributed by atoms with Crippen LogP contribution in [0.15, 0.2) is 12.1 Å². The maximum Gasteiger partial charge on any atom is 0.324 e. The van der Waals surface area contributed by atoms with Gasteiger partial charge in [0.1, 0.15) is 0 Å². The summed E-state index contributed by atoms with van der Waals surface area (Å²) in [6.07, 6.45) is -2.97. The van der Waals surface area contributed by atoms with Crippen LogP contribution in [0.4, 0.5) is 13.8 Å². The molecule has 0 aliphatic carbocycles. The van der Waals surface area contributed by atoms with Crippen LogP contribution in [0.1, 0.15) is 17.3 Å². The minimum atomic E-state index is -2.49. The average Bonchev–Trinajstić information content (AvgIpc) is 2.50. The Bertz CT molecular complexity index is 329. The molecule has 0 saturated carbocycles. The van der Waals surface area contributed by atoms with E-state index in [9.17, 15) is 18.9 Å². The Morgan fingerprint density at radius 2 is 2.21 bits per heavy atom. The van der Waals surface area contributed by atoms with Gasteiger partial charge in [0.2, 0.25) is 6.43 Å². The van der Waals surface area contributed by atoms with Gasteiger partial charge in [-0.3, -0.25) is 10.1 Å². The number of thiophene rings is 1. The molecule has 0 aliphatic rings. The molecule has 0 aliphatic heterocycles. The van der Waals surface area contributed by atoms with Crippen LogP contribution in [0.3, 0.4) is 0 Å². The van der Waals surface area contributed by atoms with Crippen molar-refractivity contribution in [1.82, 2.24) is 0 Å². The van der Waals surface area contributed by atoms with Gasteiger partial charge in [-0.05, 0) is 6.07 Å². The summed E-state index contributed by atoms with van der Waals surface area (Å²) in [4.78, 5) is 10.1. The van der Waals surface area contributed by atoms with Gasteiger partial charge in [0.15, 0.2) is 0 Å². The highest BCUT2D eigenvalue weighted by molar-refractivity contribution is 7.15. The highest BCUT2D eigenvalue weighted by atomic mass is 32.1. The molecular weight excluding hydrogens is 214 g/mol. The molecule has 1 heterocycles. The second-order valence-electron chi connectivity index (χ2n) is 2.67. The first-order valence-electron chi connectivity index (χ1n) is 3.78. The number of hydrogen-bond donors (Lipinski definition) is 1. The lowest BCUT2D eigenvalue weighted by atomic mass is 10.2. The van der Waals surface area contributed by atoms with Crippen LogP contribution in [-0.2, 0) is 0 Å². The largest absolute Gasteiger partial charge is 0.324 e. The molecule has 1 atom stereocenters. The number of hydrogen-bond acceptors (Lipinski definition) is 4. The Hall–Kier alpha value is -1.08. The van der Waals surface area contributed by atoms with Gasteiger partial charge >= 0.3 is 5.00 Å². The normalized spacial score (nSPS) is 13.1. The van der Waals surface area contributed by atoms with Gasteiger partial charge in [-0.15, -0.1) is 0 Å². The maximum absolute atomic E-state index is 11.9. The predicted molar refractivity (Wildman–Crippen MR) is 48.5 cm³/mol. The molecule has 0 saturated heterocycles. The molecule has 7 heteroatoms. The molecule has 0 unspecified atom stereocenters. The summed E-state index contributed by atoms with van der Waals surface area (Å²) in [5.41, 5.74) is 5.42. The summed E-state index contributed by atoms with van der Waals surface area (Å²) in [7, 11) is 0. The monoisotopic (exact) mass is 222 g/mol. The van der Waals surface area contributed by atoms with E-state index in [2.05, 4.69) is 0 Å². The molecular formula is C7H8F2N2O2S. The van der Waals surface area contributed by atoms with E-state index >= 15 is 0 Å². The summed E-state index contributed by atoms with van der Waals surface area (Å²) in [6.45, 7) is 0. The summed E-state index contributed by atoms with van der Waals surface area (Å²) < 4.78 is 23.9. The fourth-order valence-electron chi connectivity index (χ4n) is 0.948. The van der Waals surface area contributed by atoms with Crippen LogP contribution in [-0.4, -0.2) is 11.3 Å². The van der Waals surface area contributed by atoms with E-state index in [1.807, 2.05) is 0 Å². The molecule has 0 spiro atoms. The van der Waals surface area contributed by atoms with E-state index in [4.69, 9.17) is 5.73 Å². The van der Waals surface area contributed by atoms with Crippen molar-refractivity contribution < 1.29 is 13.7 Å². The van der Waals surface area contributed by atoms with Crippen molar-refractivity contribution in [3.63, 3.8) is 0 Å². The van der Waals surface area contributed by atoms with Crippen LogP contribution in [0, 0.1) is 10.1 Å². The highest BCUT2D eigenvalue weighted by Crippen LogP contribution is 2.30. The second-order valence-corrected chi connectivity index (χ2v) is 3.76. The molecule has 4 nitrogen and oxygen atoms in total. The number of halogens is 2. The van der Waals surface area contributed by atoms with Gasteiger partial charge in [-0.25, -0.2) is 8.78 Å². The molecule has 78 valence electrons. The van der Waals surface area contributed by atoms with E-state index < -0.39 is 23.8 Å². The number of nitro groups is 1. The van der Waals surface area contributed by atoms with Crippen molar-refractivity contribution in [2.45, 2.75) is 18.9 Å². The van der Waals surface area contributed by atoms with Crippen LogP contribution in [0.5, 0.6) is 0 Å². The SMILES string of the molecule is N[C@@H](CC(F)F)c1ccc([N+](=O)[O-])s1. The standard InChI is InChI=1S/C7H8F2N2O2S/c8-6(9)3-4(10)5-1-2-7(14-5)11(12)13/h1-2,4,6H,3,10H2/t4-/m0/s1. The minimum absolute atomic E-state index is 0.0790. The lowest BCUT2D eigenvalue weighted by Crippen LogP contribution is -2.12. The topological polar surface area (TPSA) is 69.2 Å². The van der Waals surface area contributed by atoms with Crippen LogP contribution in [0.2, 0.25) is 0 Å². The molecule has 0 aromatic carbocycles. The summed E-state index contributed by atoms with van der Waals surface area (Å²) >= 11 is 0.834. The van der Waals surface area contributed by atoms with E-state index in [0.717, 1.165) is 11.3 Å². The zero-order chi connectivity index (χ0) is 10.7. The smallest absolute Gasteiger partial charge is 0.323 e. The Labute approximate surface area is 82.5 Å². The van der Waals surface area contributed by atoms with Gasteiger partial charge in [0, 0.05) is 23.4 Å². The molecule has 1 aromatic heterocycles. The lowest BCUT2D eigenvalue weighted by Gasteiger charge is -2.06. The summed E-state index contributed by atoms with van der Waals surface area (Å²) in [5, 5.41) is 10.2. The lowest BCUT2D eigenvalue weighted by molar-refractivity contribution is -0.380. The van der Waals surface area contributed by atoms with Crippen molar-refractivity contribution in [3.8, 4) is 0 Å². The van der Waals surface area contributed by atoms with Crippen LogP contribution >= 0.6 is 11.3 Å². The van der Waals surface area contributed by atoms with Crippen LogP contribution < -0.4 is 5.73 Å². The number of nitrogens with zero attached hydrogens (tertiary/aromatic N) is 1. The van der Waals surface area contributed by atoms with E-state index in [-0.39, 0.29) is 5.00 Å². The van der Waals surface area contributed by atoms with Gasteiger partial charge in [0.05, 0.1) is 4.92 Å². The van der Waals surface area contributed by atoms with Gasteiger partial charge in [-0.2, -0.15) is 0 Å². The Morgan fingerprint density at radius 1 is 1.57 bits per heavy atom. The summed E-state index contributed by atoms with van der Waals surface area (Å²) in [5.74, 6) is 0. The van der Waals surface area contributed by atoms with Gasteiger partial charge in [-0.1, -0.05) is 11.3 Å². The van der Waals surface area contributed by atoms with Gasteiger partial charge < -0.3 is 5.73 Å². The van der Waals surface area contributed by atoms with Crippen LogP contribution in [0.25, 0.3) is 0 Å². The Kier molecular flexibility index (Phi) is 3.48. The molecule has 14 heavy (non-hydrogen) atoms. The first-order valence-corrected chi connectivity index (χ1v) is 4.60. The number of nitrogens with two attached hydrogens (primary N) is 1. The molecule has 2 N–H and O–H groups in total. The first kappa shape index (κ1) is 11.0. The minimum Gasteiger partial charge on any atom is -0.323 e. The molecule has 1 aromatic rings. The molecule has 0 amide bonds. The maximum atomic E-state index is 11.9. The highest BCUT2D eigenvalue weighted by Gasteiger charge is 2.17. The van der Waals surface area contributed by atoms with E-state index in [1.165, 1.54) is 12.1 Å². The van der Waals surface area contributed by atoms with E-state index in [1.54, 1.807) is 0 Å². The predicted octanol–water partition coefficient (Wildman–Crippen LogP) is 2.31. The first-order chi connectivity index (χ1) is 6.50. The molecule has 0 radical (unpaired) electrons. The average molecular weight is 222 g/mol. The van der Waals surface area contributed by atoms with Crippen molar-refractivity contribution in [2.75, 3.05) is 0 Å². The number of alkyl halides is 2. The van der Waals surface area contributed by atoms with Crippen molar-refractivity contribution in [2.24, 2.45) is 5.73 Å². The van der Waals surface area contributed by atoms with Gasteiger partial charge in [0.25, 0.3) is 0 Å². The third kappa shape index (κ3) is 2.71. The third-order valence-corrected chi connectivity index (χ3v) is 2.76. The molecule has 1 rings (SSSR count). The number of rotatable bonds is 4. The third-order valence-electron chi connectivity index (χ3n) is 1.59. The second kappa shape index (κ2) is 4.43. The van der Waals surface area contributed by atoms with E-state index in [0.29, 0.717) is 4.88 Å². The van der Waals surface area contributed by atoms with Crippen molar-refractivity contribution in [1.29, 1.82) is 0 Å². The Morgan fingerprint density at radius 3 is 2.64 bits per heavy atom. The fourth-order valence-corrected chi connectivity index (χ4v) is 1.78. The molecule has 0 fully saturated rings. The quantitative estimate of drug-likeness (QED) is 0.627. The fraction of sp³-hybridized carbons (Fsp3) is 0.429. The summed E-state index contributed by atoms with van der Waals surface area (Å²) in [6, 6.07) is 1.86. The Balaban J connectivity index is 2.71. The van der Waals surface area contributed by atoms with Crippen molar-refractivity contribution in [3.05, 3.63) is 27.1 Å². The zero-order valence-corrected chi connectivity index (χ0v) is 7.84. The zero-order valence-electron chi connectivity index (χ0n) is 7.02. The van der Waals surface area contributed by atoms with Crippen molar-refractivity contribution >= 4 is 16.3 Å². The molecule has 0 bridgehead atoms.